The minimum Gasteiger partial charge on any atom is -0.443 e. The van der Waals surface area contributed by atoms with Gasteiger partial charge in [0.1, 0.15) is 22.0 Å². The van der Waals surface area contributed by atoms with Gasteiger partial charge >= 0.3 is 12.2 Å². The molecule has 2 aromatic heterocycles. The number of benzene rings is 1. The zero-order valence-corrected chi connectivity index (χ0v) is 21.1. The van der Waals surface area contributed by atoms with Gasteiger partial charge in [0.2, 0.25) is 0 Å². The third-order valence-corrected chi connectivity index (χ3v) is 5.50. The summed E-state index contributed by atoms with van der Waals surface area (Å²) >= 11 is 1.50. The van der Waals surface area contributed by atoms with Gasteiger partial charge in [-0.25, -0.2) is 19.6 Å². The predicted molar refractivity (Wildman–Crippen MR) is 132 cm³/mol. The van der Waals surface area contributed by atoms with E-state index in [1.54, 1.807) is 26.4 Å². The summed E-state index contributed by atoms with van der Waals surface area (Å²) in [6.45, 7) is 11.0. The highest BCUT2D eigenvalue weighted by molar-refractivity contribution is 7.21. The van der Waals surface area contributed by atoms with Crippen molar-refractivity contribution in [2.75, 3.05) is 23.9 Å². The first-order valence-electron chi connectivity index (χ1n) is 10.5. The summed E-state index contributed by atoms with van der Waals surface area (Å²) in [4.78, 5) is 36.6. The van der Waals surface area contributed by atoms with Crippen molar-refractivity contribution >= 4 is 45.2 Å². The number of rotatable bonds is 3. The molecule has 0 unspecified atom stereocenters. The van der Waals surface area contributed by atoms with Crippen LogP contribution in [-0.4, -0.2) is 47.5 Å². The molecule has 3 rings (SSSR count). The van der Waals surface area contributed by atoms with Gasteiger partial charge in [-0.1, -0.05) is 0 Å². The summed E-state index contributed by atoms with van der Waals surface area (Å²) in [6.07, 6.45) is 0.798. The minimum absolute atomic E-state index is 0.416. The molecule has 3 aromatic rings. The smallest absolute Gasteiger partial charge is 0.415 e. The summed E-state index contributed by atoms with van der Waals surface area (Å²) < 4.78 is 11.8. The van der Waals surface area contributed by atoms with E-state index in [0.717, 1.165) is 26.5 Å². The highest BCUT2D eigenvalue weighted by atomic mass is 32.1. The molecule has 0 radical (unpaired) electrons. The lowest BCUT2D eigenvalue weighted by atomic mass is 10.2. The Bertz CT molecular complexity index is 1160. The third-order valence-electron chi connectivity index (χ3n) is 4.43. The Hall–Kier alpha value is -3.20. The number of amides is 2. The molecule has 0 aliphatic rings. The number of aromatic nitrogens is 2. The van der Waals surface area contributed by atoms with Gasteiger partial charge in [0, 0.05) is 31.5 Å². The van der Waals surface area contributed by atoms with E-state index >= 15 is 0 Å². The Morgan fingerprint density at radius 2 is 1.48 bits per heavy atom. The fourth-order valence-corrected chi connectivity index (χ4v) is 3.80. The fourth-order valence-electron chi connectivity index (χ4n) is 2.82. The van der Waals surface area contributed by atoms with Crippen molar-refractivity contribution in [3.05, 3.63) is 36.5 Å². The van der Waals surface area contributed by atoms with Gasteiger partial charge in [-0.2, -0.15) is 0 Å². The van der Waals surface area contributed by atoms with Crippen LogP contribution in [0, 0.1) is 0 Å². The number of anilines is 2. The number of pyridine rings is 1. The molecule has 176 valence electrons. The van der Waals surface area contributed by atoms with E-state index in [0.29, 0.717) is 5.82 Å². The van der Waals surface area contributed by atoms with E-state index in [-0.39, 0.29) is 0 Å². The van der Waals surface area contributed by atoms with Crippen LogP contribution in [0.15, 0.2) is 36.5 Å². The van der Waals surface area contributed by atoms with Gasteiger partial charge in [-0.05, 0) is 71.9 Å². The first kappa shape index (κ1) is 24.4. The zero-order chi connectivity index (χ0) is 24.6. The second-order valence-corrected chi connectivity index (χ2v) is 10.7. The van der Waals surface area contributed by atoms with Crippen LogP contribution in [0.25, 0.3) is 20.8 Å². The molecule has 2 amide bonds. The summed E-state index contributed by atoms with van der Waals surface area (Å²) in [5.41, 5.74) is 1.23. The van der Waals surface area contributed by atoms with Crippen LogP contribution in [0.4, 0.5) is 21.1 Å². The predicted octanol–water partition coefficient (Wildman–Crippen LogP) is 6.10. The third kappa shape index (κ3) is 6.19. The number of fused-ring (bicyclic) bond motifs is 1. The van der Waals surface area contributed by atoms with Crippen LogP contribution < -0.4 is 9.80 Å². The summed E-state index contributed by atoms with van der Waals surface area (Å²) in [7, 11) is 3.30. The topological polar surface area (TPSA) is 84.9 Å². The monoisotopic (exact) mass is 470 g/mol. The molecule has 8 nitrogen and oxygen atoms in total. The Balaban J connectivity index is 1.79. The lowest BCUT2D eigenvalue weighted by Gasteiger charge is -2.24. The second-order valence-electron chi connectivity index (χ2n) is 9.65. The van der Waals surface area contributed by atoms with Crippen molar-refractivity contribution in [1.29, 1.82) is 0 Å². The van der Waals surface area contributed by atoms with Gasteiger partial charge in [0.05, 0.1) is 10.2 Å². The standard InChI is InChI=1S/C24H30N4O4S/c1-23(2,3)31-21(29)27(7)16-10-11-17-18(13-16)33-20(26-17)15-9-12-19(25-14-15)28(8)22(30)32-24(4,5)6/h9-14H,1-8H3. The SMILES string of the molecule is CN(C(=O)OC(C)(C)C)c1ccc2nc(-c3ccc(N(C)C(=O)OC(C)(C)C)nc3)sc2c1. The Morgan fingerprint density at radius 3 is 2.03 bits per heavy atom. The van der Waals surface area contributed by atoms with Gasteiger partial charge in [-0.15, -0.1) is 11.3 Å². The minimum atomic E-state index is -0.581. The lowest BCUT2D eigenvalue weighted by molar-refractivity contribution is 0.0578. The first-order valence-corrected chi connectivity index (χ1v) is 11.4. The first-order chi connectivity index (χ1) is 15.2. The maximum absolute atomic E-state index is 12.4. The van der Waals surface area contributed by atoms with Crippen molar-refractivity contribution in [1.82, 2.24) is 9.97 Å². The molecule has 0 saturated heterocycles. The normalized spacial score (nSPS) is 11.9. The molecule has 0 saturated carbocycles. The molecule has 0 fully saturated rings. The average molecular weight is 471 g/mol. The van der Waals surface area contributed by atoms with Crippen molar-refractivity contribution in [3.8, 4) is 10.6 Å². The molecule has 0 aliphatic carbocycles. The summed E-state index contributed by atoms with van der Waals surface area (Å²) in [5.74, 6) is 0.482. The van der Waals surface area contributed by atoms with Gasteiger partial charge in [0.15, 0.2) is 0 Å². The van der Waals surface area contributed by atoms with Crippen LogP contribution in [0.3, 0.4) is 0 Å². The van der Waals surface area contributed by atoms with Crippen molar-refractivity contribution < 1.29 is 19.1 Å². The molecular weight excluding hydrogens is 440 g/mol. The molecule has 0 atom stereocenters. The van der Waals surface area contributed by atoms with E-state index in [1.165, 1.54) is 21.1 Å². The van der Waals surface area contributed by atoms with Gasteiger partial charge in [-0.3, -0.25) is 9.80 Å². The summed E-state index contributed by atoms with van der Waals surface area (Å²) in [6, 6.07) is 9.26. The number of ether oxygens (including phenoxy) is 2. The lowest BCUT2D eigenvalue weighted by Crippen LogP contribution is -2.34. The summed E-state index contributed by atoms with van der Waals surface area (Å²) in [5, 5.41) is 0.793. The number of thiazole rings is 1. The highest BCUT2D eigenvalue weighted by Gasteiger charge is 2.22. The maximum atomic E-state index is 12.4. The number of hydrogen-bond acceptors (Lipinski definition) is 7. The van der Waals surface area contributed by atoms with E-state index in [4.69, 9.17) is 9.47 Å². The number of carbonyl (C=O) groups is 2. The number of nitrogens with zero attached hydrogens (tertiary/aromatic N) is 4. The molecule has 2 heterocycles. The molecule has 0 spiro atoms. The van der Waals surface area contributed by atoms with Crippen LogP contribution in [0.2, 0.25) is 0 Å². The van der Waals surface area contributed by atoms with Crippen molar-refractivity contribution in [3.63, 3.8) is 0 Å². The van der Waals surface area contributed by atoms with Crippen LogP contribution in [0.1, 0.15) is 41.5 Å². The van der Waals surface area contributed by atoms with Crippen LogP contribution in [0.5, 0.6) is 0 Å². The molecule has 0 N–H and O–H groups in total. The molecule has 33 heavy (non-hydrogen) atoms. The van der Waals surface area contributed by atoms with Crippen LogP contribution in [-0.2, 0) is 9.47 Å². The molecule has 0 bridgehead atoms. The quantitative estimate of drug-likeness (QED) is 0.460. The number of carbonyl (C=O) groups excluding carboxylic acids is 2. The van der Waals surface area contributed by atoms with Gasteiger partial charge < -0.3 is 9.47 Å². The Labute approximate surface area is 198 Å². The zero-order valence-electron chi connectivity index (χ0n) is 20.3. The number of hydrogen-bond donors (Lipinski definition) is 0. The van der Waals surface area contributed by atoms with E-state index in [2.05, 4.69) is 9.97 Å². The van der Waals surface area contributed by atoms with Crippen molar-refractivity contribution in [2.45, 2.75) is 52.7 Å². The largest absolute Gasteiger partial charge is 0.443 e. The fraction of sp³-hybridized carbons (Fsp3) is 0.417. The molecular formula is C24H30N4O4S. The molecule has 0 aliphatic heterocycles. The van der Waals surface area contributed by atoms with Gasteiger partial charge in [0.25, 0.3) is 0 Å². The second kappa shape index (κ2) is 8.97. The molecule has 1 aromatic carbocycles. The van der Waals surface area contributed by atoms with E-state index < -0.39 is 23.4 Å². The average Bonchev–Trinajstić information content (AvgIpc) is 3.13. The highest BCUT2D eigenvalue weighted by Crippen LogP contribution is 2.33. The Kier molecular flexibility index (Phi) is 6.65. The maximum Gasteiger partial charge on any atom is 0.415 e. The molecule has 9 heteroatoms. The van der Waals surface area contributed by atoms with E-state index in [9.17, 15) is 9.59 Å². The van der Waals surface area contributed by atoms with Crippen molar-refractivity contribution in [2.24, 2.45) is 0 Å². The van der Waals surface area contributed by atoms with Crippen LogP contribution >= 0.6 is 11.3 Å². The van der Waals surface area contributed by atoms with E-state index in [1.807, 2.05) is 65.8 Å². The Morgan fingerprint density at radius 1 is 0.879 bits per heavy atom.